The Balaban J connectivity index is 3.01. The van der Waals surface area contributed by atoms with Crippen LogP contribution in [0.15, 0.2) is 30.4 Å². The van der Waals surface area contributed by atoms with E-state index in [1.807, 2.05) is 20.8 Å². The van der Waals surface area contributed by atoms with Crippen molar-refractivity contribution in [3.8, 4) is 5.75 Å². The van der Waals surface area contributed by atoms with Gasteiger partial charge in [0.25, 0.3) is 5.91 Å². The maximum atomic E-state index is 12.2. The van der Waals surface area contributed by atoms with Crippen LogP contribution in [0.3, 0.4) is 0 Å². The van der Waals surface area contributed by atoms with Gasteiger partial charge in [-0.25, -0.2) is 0 Å². The minimum atomic E-state index is -0.156. The zero-order valence-electron chi connectivity index (χ0n) is 10.7. The van der Waals surface area contributed by atoms with Crippen LogP contribution in [0.25, 0.3) is 0 Å². The highest BCUT2D eigenvalue weighted by molar-refractivity contribution is 5.97. The number of phenolic OH excluding ortho intramolecular Hbond substituents is 1. The number of aryl methyl sites for hydroxylation is 1. The molecule has 0 saturated heterocycles. The van der Waals surface area contributed by atoms with Gasteiger partial charge in [-0.1, -0.05) is 23.8 Å². The summed E-state index contributed by atoms with van der Waals surface area (Å²) in [6, 6.07) is 5.04. The van der Waals surface area contributed by atoms with Crippen LogP contribution in [0, 0.1) is 6.92 Å². The van der Waals surface area contributed by atoms with Gasteiger partial charge in [0.15, 0.2) is 0 Å². The average molecular weight is 233 g/mol. The molecule has 17 heavy (non-hydrogen) atoms. The maximum Gasteiger partial charge on any atom is 0.257 e. The second-order valence-corrected chi connectivity index (χ2v) is 4.30. The Morgan fingerprint density at radius 2 is 2.12 bits per heavy atom. The van der Waals surface area contributed by atoms with Crippen molar-refractivity contribution in [2.24, 2.45) is 0 Å². The standard InChI is InChI=1S/C14H19NO2/c1-5-15(9-10(2)3)14(17)12-8-11(4)6-7-13(12)16/h6-8,16H,2,5,9H2,1,3-4H3. The Hall–Kier alpha value is -1.77. The van der Waals surface area contributed by atoms with Crippen molar-refractivity contribution in [2.45, 2.75) is 20.8 Å². The molecule has 0 radical (unpaired) electrons. The Bertz CT molecular complexity index is 438. The highest BCUT2D eigenvalue weighted by Gasteiger charge is 2.17. The molecule has 3 nitrogen and oxygen atoms in total. The van der Waals surface area contributed by atoms with Crippen molar-refractivity contribution in [3.63, 3.8) is 0 Å². The lowest BCUT2D eigenvalue weighted by atomic mass is 10.1. The number of likely N-dealkylation sites (N-methyl/N-ethyl adjacent to an activating group) is 1. The van der Waals surface area contributed by atoms with E-state index in [9.17, 15) is 9.90 Å². The zero-order valence-corrected chi connectivity index (χ0v) is 10.7. The maximum absolute atomic E-state index is 12.2. The molecule has 0 aliphatic carbocycles. The fraction of sp³-hybridized carbons (Fsp3) is 0.357. The molecule has 0 bridgehead atoms. The first-order valence-electron chi connectivity index (χ1n) is 5.69. The predicted molar refractivity (Wildman–Crippen MR) is 69.2 cm³/mol. The monoisotopic (exact) mass is 233 g/mol. The molecule has 1 aromatic rings. The molecule has 0 atom stereocenters. The summed E-state index contributed by atoms with van der Waals surface area (Å²) in [5.74, 6) is -0.127. The summed E-state index contributed by atoms with van der Waals surface area (Å²) >= 11 is 0. The third-order valence-corrected chi connectivity index (χ3v) is 2.51. The number of nitrogens with zero attached hydrogens (tertiary/aromatic N) is 1. The van der Waals surface area contributed by atoms with E-state index in [0.717, 1.165) is 11.1 Å². The lowest BCUT2D eigenvalue weighted by Crippen LogP contribution is -2.32. The molecule has 1 N–H and O–H groups in total. The van der Waals surface area contributed by atoms with Gasteiger partial charge in [-0.15, -0.1) is 0 Å². The molecule has 0 unspecified atom stereocenters. The van der Waals surface area contributed by atoms with Gasteiger partial charge in [-0.2, -0.15) is 0 Å². The van der Waals surface area contributed by atoms with Crippen molar-refractivity contribution >= 4 is 5.91 Å². The molecule has 0 fully saturated rings. The van der Waals surface area contributed by atoms with Gasteiger partial charge in [0.2, 0.25) is 0 Å². The Labute approximate surface area is 102 Å². The van der Waals surface area contributed by atoms with E-state index >= 15 is 0 Å². The van der Waals surface area contributed by atoms with E-state index in [-0.39, 0.29) is 11.7 Å². The minimum absolute atomic E-state index is 0.0285. The fourth-order valence-corrected chi connectivity index (χ4v) is 1.64. The van der Waals surface area contributed by atoms with E-state index in [1.165, 1.54) is 0 Å². The van der Waals surface area contributed by atoms with E-state index in [4.69, 9.17) is 0 Å². The summed E-state index contributed by atoms with van der Waals surface area (Å²) in [5, 5.41) is 9.71. The molecule has 0 aliphatic heterocycles. The minimum Gasteiger partial charge on any atom is -0.507 e. The van der Waals surface area contributed by atoms with Gasteiger partial charge in [0.05, 0.1) is 5.56 Å². The Morgan fingerprint density at radius 1 is 1.47 bits per heavy atom. The van der Waals surface area contributed by atoms with Crippen molar-refractivity contribution in [2.75, 3.05) is 13.1 Å². The first-order valence-corrected chi connectivity index (χ1v) is 5.69. The molecular weight excluding hydrogens is 214 g/mol. The summed E-state index contributed by atoms with van der Waals surface area (Å²) in [5.41, 5.74) is 2.23. The van der Waals surface area contributed by atoms with Crippen molar-refractivity contribution in [1.82, 2.24) is 4.90 Å². The van der Waals surface area contributed by atoms with E-state index in [1.54, 1.807) is 23.1 Å². The quantitative estimate of drug-likeness (QED) is 0.812. The van der Waals surface area contributed by atoms with Gasteiger partial charge in [0.1, 0.15) is 5.75 Å². The topological polar surface area (TPSA) is 40.5 Å². The molecule has 92 valence electrons. The second-order valence-electron chi connectivity index (χ2n) is 4.30. The summed E-state index contributed by atoms with van der Waals surface area (Å²) in [7, 11) is 0. The van der Waals surface area contributed by atoms with Gasteiger partial charge >= 0.3 is 0 Å². The number of hydrogen-bond acceptors (Lipinski definition) is 2. The lowest BCUT2D eigenvalue weighted by molar-refractivity contribution is 0.0775. The Kier molecular flexibility index (Phi) is 4.32. The number of rotatable bonds is 4. The molecule has 0 heterocycles. The predicted octanol–water partition coefficient (Wildman–Crippen LogP) is 2.74. The van der Waals surface area contributed by atoms with Crippen LogP contribution in [0.5, 0.6) is 5.75 Å². The first kappa shape index (κ1) is 13.3. The zero-order chi connectivity index (χ0) is 13.0. The highest BCUT2D eigenvalue weighted by atomic mass is 16.3. The third kappa shape index (κ3) is 3.34. The van der Waals surface area contributed by atoms with Gasteiger partial charge < -0.3 is 10.0 Å². The third-order valence-electron chi connectivity index (χ3n) is 2.51. The normalized spacial score (nSPS) is 10.1. The molecule has 1 amide bonds. The van der Waals surface area contributed by atoms with E-state index < -0.39 is 0 Å². The molecule has 0 spiro atoms. The van der Waals surface area contributed by atoms with E-state index in [0.29, 0.717) is 18.7 Å². The number of amides is 1. The van der Waals surface area contributed by atoms with Crippen LogP contribution < -0.4 is 0 Å². The van der Waals surface area contributed by atoms with Crippen LogP contribution in [-0.4, -0.2) is 29.0 Å². The van der Waals surface area contributed by atoms with Crippen LogP contribution in [0.1, 0.15) is 29.8 Å². The first-order chi connectivity index (χ1) is 7.95. The summed E-state index contributed by atoms with van der Waals surface area (Å²) < 4.78 is 0. The number of hydrogen-bond donors (Lipinski definition) is 1. The Morgan fingerprint density at radius 3 is 2.65 bits per heavy atom. The molecule has 3 heteroatoms. The van der Waals surface area contributed by atoms with Gasteiger partial charge in [0, 0.05) is 13.1 Å². The SMILES string of the molecule is C=C(C)CN(CC)C(=O)c1cc(C)ccc1O. The van der Waals surface area contributed by atoms with Crippen molar-refractivity contribution in [3.05, 3.63) is 41.5 Å². The fourth-order valence-electron chi connectivity index (χ4n) is 1.64. The average Bonchev–Trinajstić information content (AvgIpc) is 2.28. The largest absolute Gasteiger partial charge is 0.507 e. The van der Waals surface area contributed by atoms with Crippen LogP contribution >= 0.6 is 0 Å². The number of carbonyl (C=O) groups excluding carboxylic acids is 1. The second kappa shape index (κ2) is 5.53. The number of benzene rings is 1. The van der Waals surface area contributed by atoms with Gasteiger partial charge in [-0.05, 0) is 32.9 Å². The molecule has 0 aromatic heterocycles. The van der Waals surface area contributed by atoms with Crippen LogP contribution in [0.4, 0.5) is 0 Å². The van der Waals surface area contributed by atoms with Crippen LogP contribution in [-0.2, 0) is 0 Å². The molecule has 0 saturated carbocycles. The molecular formula is C14H19NO2. The van der Waals surface area contributed by atoms with E-state index in [2.05, 4.69) is 6.58 Å². The number of carbonyl (C=O) groups is 1. The summed E-state index contributed by atoms with van der Waals surface area (Å²) in [4.78, 5) is 13.9. The van der Waals surface area contributed by atoms with Crippen molar-refractivity contribution in [1.29, 1.82) is 0 Å². The summed E-state index contributed by atoms with van der Waals surface area (Å²) in [6.07, 6.45) is 0. The molecule has 0 aliphatic rings. The van der Waals surface area contributed by atoms with Crippen molar-refractivity contribution < 1.29 is 9.90 Å². The van der Waals surface area contributed by atoms with Gasteiger partial charge in [-0.3, -0.25) is 4.79 Å². The number of aromatic hydroxyl groups is 1. The summed E-state index contributed by atoms with van der Waals surface area (Å²) in [6.45, 7) is 10.6. The number of phenols is 1. The highest BCUT2D eigenvalue weighted by Crippen LogP contribution is 2.20. The van der Waals surface area contributed by atoms with Crippen LogP contribution in [0.2, 0.25) is 0 Å². The molecule has 1 rings (SSSR count). The molecule has 1 aromatic carbocycles. The smallest absolute Gasteiger partial charge is 0.257 e. The lowest BCUT2D eigenvalue weighted by Gasteiger charge is -2.21.